The molecule has 7 nitrogen and oxygen atoms in total. The number of ether oxygens (including phenoxy) is 1. The molecule has 2 amide bonds. The molecule has 0 bridgehead atoms. The molecular formula is C20H22N2O5S2. The largest absolute Gasteiger partial charge is 0.482 e. The maximum Gasteiger partial charge on any atom is 0.262 e. The Morgan fingerprint density at radius 3 is 2.79 bits per heavy atom. The summed E-state index contributed by atoms with van der Waals surface area (Å²) < 4.78 is 31.5. The van der Waals surface area contributed by atoms with Gasteiger partial charge in [-0.1, -0.05) is 6.07 Å². The van der Waals surface area contributed by atoms with Crippen LogP contribution in [0.2, 0.25) is 0 Å². The predicted molar refractivity (Wildman–Crippen MR) is 113 cm³/mol. The van der Waals surface area contributed by atoms with E-state index in [2.05, 4.69) is 10.6 Å². The van der Waals surface area contributed by atoms with Crippen LogP contribution in [0.1, 0.15) is 18.9 Å². The highest BCUT2D eigenvalue weighted by molar-refractivity contribution is 7.98. The van der Waals surface area contributed by atoms with Gasteiger partial charge in [0.15, 0.2) is 16.4 Å². The summed E-state index contributed by atoms with van der Waals surface area (Å²) in [5, 5.41) is 4.47. The highest BCUT2D eigenvalue weighted by atomic mass is 32.2. The van der Waals surface area contributed by atoms with E-state index < -0.39 is 15.1 Å². The molecule has 2 N–H and O–H groups in total. The average Bonchev–Trinajstić information content (AvgIpc) is 2.67. The van der Waals surface area contributed by atoms with Gasteiger partial charge in [-0.3, -0.25) is 9.59 Å². The van der Waals surface area contributed by atoms with Crippen LogP contribution in [0.25, 0.3) is 0 Å². The first-order chi connectivity index (χ1) is 13.7. The zero-order valence-corrected chi connectivity index (χ0v) is 17.9. The SMILES string of the molecule is CSc1cccc(NC(=O)C[C@H](C)S(=O)(=O)c2cc3c(cc2C)NC(=O)CO3)c1. The molecule has 3 rings (SSSR count). The minimum atomic E-state index is -3.77. The monoisotopic (exact) mass is 434 g/mol. The molecule has 0 unspecified atom stereocenters. The van der Waals surface area contributed by atoms with Crippen molar-refractivity contribution in [3.05, 3.63) is 42.0 Å². The molecule has 0 aromatic heterocycles. The van der Waals surface area contributed by atoms with E-state index in [0.717, 1.165) is 4.90 Å². The zero-order valence-electron chi connectivity index (χ0n) is 16.3. The maximum atomic E-state index is 13.1. The fourth-order valence-corrected chi connectivity index (χ4v) is 5.07. The lowest BCUT2D eigenvalue weighted by Crippen LogP contribution is -2.27. The Morgan fingerprint density at radius 2 is 2.07 bits per heavy atom. The molecule has 1 aliphatic rings. The summed E-state index contributed by atoms with van der Waals surface area (Å²) in [7, 11) is -3.77. The van der Waals surface area contributed by atoms with Gasteiger partial charge in [-0.25, -0.2) is 8.42 Å². The van der Waals surface area contributed by atoms with E-state index in [4.69, 9.17) is 4.74 Å². The quantitative estimate of drug-likeness (QED) is 0.677. The summed E-state index contributed by atoms with van der Waals surface area (Å²) >= 11 is 1.55. The lowest BCUT2D eigenvalue weighted by Gasteiger charge is -2.21. The van der Waals surface area contributed by atoms with Gasteiger partial charge >= 0.3 is 0 Å². The van der Waals surface area contributed by atoms with Crippen molar-refractivity contribution < 1.29 is 22.7 Å². The van der Waals surface area contributed by atoms with E-state index in [0.29, 0.717) is 22.7 Å². The van der Waals surface area contributed by atoms with Crippen LogP contribution in [0.15, 0.2) is 46.2 Å². The molecule has 2 aromatic carbocycles. The first-order valence-electron chi connectivity index (χ1n) is 8.96. The lowest BCUT2D eigenvalue weighted by atomic mass is 10.2. The van der Waals surface area contributed by atoms with E-state index in [1.165, 1.54) is 13.0 Å². The van der Waals surface area contributed by atoms with Crippen molar-refractivity contribution in [3.8, 4) is 5.75 Å². The third-order valence-corrected chi connectivity index (χ3v) is 7.58. The predicted octanol–water partition coefficient (Wildman–Crippen LogP) is 3.24. The normalized spacial score (nSPS) is 14.4. The second-order valence-corrected chi connectivity index (χ2v) is 10.0. The van der Waals surface area contributed by atoms with E-state index >= 15 is 0 Å². The van der Waals surface area contributed by atoms with Crippen molar-refractivity contribution in [2.45, 2.75) is 35.3 Å². The van der Waals surface area contributed by atoms with Crippen molar-refractivity contribution >= 4 is 44.8 Å². The van der Waals surface area contributed by atoms with Gasteiger partial charge in [0.1, 0.15) is 5.75 Å². The molecule has 0 spiro atoms. The molecule has 0 radical (unpaired) electrons. The van der Waals surface area contributed by atoms with E-state index in [1.807, 2.05) is 24.5 Å². The molecule has 1 aliphatic heterocycles. The fourth-order valence-electron chi connectivity index (χ4n) is 3.02. The third-order valence-electron chi connectivity index (χ3n) is 4.57. The third kappa shape index (κ3) is 4.73. The Balaban J connectivity index is 1.77. The molecule has 0 aliphatic carbocycles. The minimum absolute atomic E-state index is 0.0945. The van der Waals surface area contributed by atoms with Gasteiger partial charge < -0.3 is 15.4 Å². The molecule has 1 heterocycles. The van der Waals surface area contributed by atoms with Gasteiger partial charge in [-0.15, -0.1) is 11.8 Å². The van der Waals surface area contributed by atoms with Crippen LogP contribution in [-0.2, 0) is 19.4 Å². The van der Waals surface area contributed by atoms with Gasteiger partial charge in [0.05, 0.1) is 15.8 Å². The fraction of sp³-hybridized carbons (Fsp3) is 0.300. The van der Waals surface area contributed by atoms with Crippen LogP contribution in [0, 0.1) is 6.92 Å². The molecular weight excluding hydrogens is 412 g/mol. The molecule has 1 atom stereocenters. The van der Waals surface area contributed by atoms with Gasteiger partial charge in [-0.05, 0) is 49.9 Å². The number of rotatable bonds is 6. The van der Waals surface area contributed by atoms with Crippen LogP contribution >= 0.6 is 11.8 Å². The summed E-state index contributed by atoms with van der Waals surface area (Å²) in [4.78, 5) is 24.9. The number of thioether (sulfide) groups is 1. The van der Waals surface area contributed by atoms with Crippen molar-refractivity contribution in [1.29, 1.82) is 0 Å². The number of hydrogen-bond donors (Lipinski definition) is 2. The Morgan fingerprint density at radius 1 is 1.31 bits per heavy atom. The Labute approximate surface area is 174 Å². The Kier molecular flexibility index (Phi) is 6.18. The topological polar surface area (TPSA) is 102 Å². The van der Waals surface area contributed by atoms with Crippen LogP contribution in [0.5, 0.6) is 5.75 Å². The number of aryl methyl sites for hydroxylation is 1. The van der Waals surface area contributed by atoms with Crippen molar-refractivity contribution in [2.24, 2.45) is 0 Å². The summed E-state index contributed by atoms with van der Waals surface area (Å²) in [5.41, 5.74) is 1.55. The van der Waals surface area contributed by atoms with Gasteiger partial charge in [0.25, 0.3) is 5.91 Å². The highest BCUT2D eigenvalue weighted by Crippen LogP contribution is 2.34. The van der Waals surface area contributed by atoms with Crippen LogP contribution in [0.4, 0.5) is 11.4 Å². The summed E-state index contributed by atoms with van der Waals surface area (Å²) in [6.45, 7) is 2.99. The lowest BCUT2D eigenvalue weighted by molar-refractivity contribution is -0.118. The summed E-state index contributed by atoms with van der Waals surface area (Å²) in [6.07, 6.45) is 1.76. The molecule has 2 aromatic rings. The molecule has 0 saturated heterocycles. The van der Waals surface area contributed by atoms with E-state index in [9.17, 15) is 18.0 Å². The standard InChI is InChI=1S/C20H22N2O5S2/c1-12-7-16-17(27-11-20(24)22-16)10-18(12)29(25,26)13(2)8-19(23)21-14-5-4-6-15(9-14)28-3/h4-7,9-10,13H,8,11H2,1-3H3,(H,21,23)(H,22,24)/t13-/m0/s1. The number of nitrogens with one attached hydrogen (secondary N) is 2. The molecule has 9 heteroatoms. The Bertz CT molecular complexity index is 1070. The number of carbonyl (C=O) groups is 2. The molecule has 29 heavy (non-hydrogen) atoms. The van der Waals surface area contributed by atoms with Gasteiger partial charge in [0.2, 0.25) is 5.91 Å². The smallest absolute Gasteiger partial charge is 0.262 e. The van der Waals surface area contributed by atoms with E-state index in [-0.39, 0.29) is 29.7 Å². The average molecular weight is 435 g/mol. The second kappa shape index (κ2) is 8.46. The van der Waals surface area contributed by atoms with Gasteiger partial charge in [0, 0.05) is 23.1 Å². The molecule has 154 valence electrons. The molecule has 0 fully saturated rings. The number of amides is 2. The van der Waals surface area contributed by atoms with Gasteiger partial charge in [-0.2, -0.15) is 0 Å². The highest BCUT2D eigenvalue weighted by Gasteiger charge is 2.29. The number of anilines is 2. The van der Waals surface area contributed by atoms with Crippen molar-refractivity contribution in [2.75, 3.05) is 23.5 Å². The number of hydrogen-bond acceptors (Lipinski definition) is 6. The number of sulfone groups is 1. The number of benzene rings is 2. The molecule has 0 saturated carbocycles. The second-order valence-electron chi connectivity index (χ2n) is 6.79. The van der Waals surface area contributed by atoms with E-state index in [1.54, 1.807) is 30.8 Å². The first-order valence-corrected chi connectivity index (χ1v) is 11.7. The minimum Gasteiger partial charge on any atom is -0.482 e. The Hall–Kier alpha value is -2.52. The summed E-state index contributed by atoms with van der Waals surface area (Å²) in [6, 6.07) is 10.3. The van der Waals surface area contributed by atoms with Crippen molar-refractivity contribution in [1.82, 2.24) is 0 Å². The first kappa shape index (κ1) is 21.2. The van der Waals surface area contributed by atoms with Crippen LogP contribution in [-0.4, -0.2) is 38.3 Å². The zero-order chi connectivity index (χ0) is 21.2. The number of fused-ring (bicyclic) bond motifs is 1. The summed E-state index contributed by atoms with van der Waals surface area (Å²) in [5.74, 6) is -0.360. The van der Waals surface area contributed by atoms with Crippen LogP contribution < -0.4 is 15.4 Å². The number of carbonyl (C=O) groups excluding carboxylic acids is 2. The van der Waals surface area contributed by atoms with Crippen LogP contribution in [0.3, 0.4) is 0 Å². The maximum absolute atomic E-state index is 13.1. The van der Waals surface area contributed by atoms with Crippen molar-refractivity contribution in [3.63, 3.8) is 0 Å².